The molecule has 2 heterocycles. The van der Waals surface area contributed by atoms with E-state index in [1.54, 1.807) is 29.6 Å². The molecular weight excluding hydrogens is 382 g/mol. The van der Waals surface area contributed by atoms with E-state index in [0.29, 0.717) is 16.0 Å². The average molecular weight is 392 g/mol. The Balaban J connectivity index is 2.24. The molecule has 2 aromatic heterocycles. The summed E-state index contributed by atoms with van der Waals surface area (Å²) in [5.41, 5.74) is 0.636. The van der Waals surface area contributed by atoms with Crippen molar-refractivity contribution in [3.63, 3.8) is 0 Å². The fraction of sp³-hybridized carbons (Fsp3) is 0.0667. The van der Waals surface area contributed by atoms with Gasteiger partial charge >= 0.3 is 5.97 Å². The number of nitrogens with one attached hydrogen (secondary N) is 1. The summed E-state index contributed by atoms with van der Waals surface area (Å²) in [6.45, 7) is 0. The van der Waals surface area contributed by atoms with Crippen molar-refractivity contribution in [3.05, 3.63) is 50.4 Å². The summed E-state index contributed by atoms with van der Waals surface area (Å²) >= 11 is 4.36. The molecule has 8 heteroatoms. The Bertz CT molecular complexity index is 823. The van der Waals surface area contributed by atoms with Gasteiger partial charge in [0.15, 0.2) is 0 Å². The van der Waals surface area contributed by atoms with Gasteiger partial charge in [0, 0.05) is 0 Å². The Kier molecular flexibility index (Phi) is 5.62. The van der Waals surface area contributed by atoms with Crippen LogP contribution in [-0.2, 0) is 9.53 Å². The number of halogens is 1. The Morgan fingerprint density at radius 2 is 2.22 bits per heavy atom. The van der Waals surface area contributed by atoms with Crippen LogP contribution in [-0.4, -0.2) is 24.0 Å². The number of methoxy groups -OCH3 is 1. The number of amides is 1. The molecule has 0 aliphatic rings. The molecule has 0 aromatic carbocycles. The van der Waals surface area contributed by atoms with Gasteiger partial charge in [-0.2, -0.15) is 5.26 Å². The first-order chi connectivity index (χ1) is 11.0. The zero-order chi connectivity index (χ0) is 16.8. The van der Waals surface area contributed by atoms with E-state index in [1.807, 2.05) is 6.07 Å². The molecule has 0 radical (unpaired) electrons. The summed E-state index contributed by atoms with van der Waals surface area (Å²) in [4.78, 5) is 28.2. The average Bonchev–Trinajstić information content (AvgIpc) is 2.99. The number of carbonyl (C=O) groups excluding carboxylic acids is 2. The second-order valence-corrected chi connectivity index (χ2v) is 5.89. The van der Waals surface area contributed by atoms with Gasteiger partial charge in [-0.05, 0) is 45.6 Å². The number of anilines is 1. The van der Waals surface area contributed by atoms with Crippen molar-refractivity contribution in [2.24, 2.45) is 0 Å². The number of esters is 1. The summed E-state index contributed by atoms with van der Waals surface area (Å²) in [6, 6.07) is 8.54. The summed E-state index contributed by atoms with van der Waals surface area (Å²) in [6.07, 6.45) is 1.37. The SMILES string of the molecule is COC(=O)c1sccc1NC(=O)C(C#N)=Cc1cccc(Br)n1. The lowest BCUT2D eigenvalue weighted by molar-refractivity contribution is -0.112. The lowest BCUT2D eigenvalue weighted by Crippen LogP contribution is -2.15. The summed E-state index contributed by atoms with van der Waals surface area (Å²) in [5, 5.41) is 13.4. The van der Waals surface area contributed by atoms with E-state index in [2.05, 4.69) is 31.0 Å². The van der Waals surface area contributed by atoms with Crippen LogP contribution in [0.15, 0.2) is 39.8 Å². The van der Waals surface area contributed by atoms with Gasteiger partial charge in [0.2, 0.25) is 0 Å². The third-order valence-corrected chi connectivity index (χ3v) is 4.01. The lowest BCUT2D eigenvalue weighted by Gasteiger charge is -2.04. The highest BCUT2D eigenvalue weighted by atomic mass is 79.9. The molecule has 0 fully saturated rings. The zero-order valence-electron chi connectivity index (χ0n) is 11.9. The first-order valence-electron chi connectivity index (χ1n) is 6.26. The molecule has 1 amide bonds. The molecule has 23 heavy (non-hydrogen) atoms. The second-order valence-electron chi connectivity index (χ2n) is 4.16. The molecule has 2 rings (SSSR count). The fourth-order valence-electron chi connectivity index (χ4n) is 1.65. The van der Waals surface area contributed by atoms with Crippen LogP contribution >= 0.6 is 27.3 Å². The van der Waals surface area contributed by atoms with Crippen LogP contribution in [0.25, 0.3) is 6.08 Å². The van der Waals surface area contributed by atoms with Gasteiger partial charge in [0.25, 0.3) is 5.91 Å². The van der Waals surface area contributed by atoms with Gasteiger partial charge in [0.05, 0.1) is 18.5 Å². The highest BCUT2D eigenvalue weighted by Gasteiger charge is 2.17. The summed E-state index contributed by atoms with van der Waals surface area (Å²) in [7, 11) is 1.26. The molecule has 2 aromatic rings. The fourth-order valence-corrected chi connectivity index (χ4v) is 2.77. The smallest absolute Gasteiger partial charge is 0.350 e. The van der Waals surface area contributed by atoms with Crippen molar-refractivity contribution in [2.75, 3.05) is 12.4 Å². The summed E-state index contributed by atoms with van der Waals surface area (Å²) in [5.74, 6) is -1.18. The minimum absolute atomic E-state index is 0.127. The van der Waals surface area contributed by atoms with Crippen LogP contribution in [0.5, 0.6) is 0 Å². The number of thiophene rings is 1. The van der Waals surface area contributed by atoms with Crippen LogP contribution in [0.4, 0.5) is 5.69 Å². The molecular formula is C15H10BrN3O3S. The molecule has 0 bridgehead atoms. The molecule has 0 atom stereocenters. The lowest BCUT2D eigenvalue weighted by atomic mass is 10.2. The Morgan fingerprint density at radius 1 is 1.43 bits per heavy atom. The quantitative estimate of drug-likeness (QED) is 0.373. The standard InChI is InChI=1S/C15H10BrN3O3S/c1-22-15(21)13-11(5-6-23-13)19-14(20)9(8-17)7-10-3-2-4-12(16)18-10/h2-7H,1H3,(H,19,20). The maximum absolute atomic E-state index is 12.2. The molecule has 0 aliphatic heterocycles. The summed E-state index contributed by atoms with van der Waals surface area (Å²) < 4.78 is 5.23. The van der Waals surface area contributed by atoms with Crippen LogP contribution in [0.3, 0.4) is 0 Å². The van der Waals surface area contributed by atoms with Gasteiger partial charge in [-0.15, -0.1) is 11.3 Å². The van der Waals surface area contributed by atoms with E-state index >= 15 is 0 Å². The molecule has 1 N–H and O–H groups in total. The maximum Gasteiger partial charge on any atom is 0.350 e. The maximum atomic E-state index is 12.2. The van der Waals surface area contributed by atoms with Crippen LogP contribution in [0.1, 0.15) is 15.4 Å². The third-order valence-electron chi connectivity index (χ3n) is 2.68. The van der Waals surface area contributed by atoms with Crippen molar-refractivity contribution in [3.8, 4) is 6.07 Å². The van der Waals surface area contributed by atoms with E-state index in [4.69, 9.17) is 0 Å². The molecule has 0 unspecified atom stereocenters. The predicted octanol–water partition coefficient (Wildman–Crippen LogP) is 3.24. The number of nitriles is 1. The van der Waals surface area contributed by atoms with Gasteiger partial charge in [-0.1, -0.05) is 6.07 Å². The number of hydrogen-bond acceptors (Lipinski definition) is 6. The predicted molar refractivity (Wildman–Crippen MR) is 89.8 cm³/mol. The largest absolute Gasteiger partial charge is 0.465 e. The molecule has 116 valence electrons. The number of rotatable bonds is 4. The number of nitrogens with zero attached hydrogens (tertiary/aromatic N) is 2. The van der Waals surface area contributed by atoms with Crippen LogP contribution in [0, 0.1) is 11.3 Å². The third kappa shape index (κ3) is 4.25. The first kappa shape index (κ1) is 16.9. The number of aromatic nitrogens is 1. The van der Waals surface area contributed by atoms with E-state index < -0.39 is 11.9 Å². The Labute approximate surface area is 144 Å². The monoisotopic (exact) mass is 391 g/mol. The van der Waals surface area contributed by atoms with Crippen molar-refractivity contribution >= 4 is 50.9 Å². The normalized spacial score (nSPS) is 10.7. The Hall–Kier alpha value is -2.50. The van der Waals surface area contributed by atoms with Crippen molar-refractivity contribution in [2.45, 2.75) is 0 Å². The number of ether oxygens (including phenoxy) is 1. The number of pyridine rings is 1. The molecule has 0 aliphatic carbocycles. The van der Waals surface area contributed by atoms with Crippen molar-refractivity contribution < 1.29 is 14.3 Å². The molecule has 0 spiro atoms. The minimum atomic E-state index is -0.627. The minimum Gasteiger partial charge on any atom is -0.465 e. The van der Waals surface area contributed by atoms with E-state index in [0.717, 1.165) is 11.3 Å². The number of carbonyl (C=O) groups is 2. The van der Waals surface area contributed by atoms with Gasteiger partial charge in [-0.3, -0.25) is 4.79 Å². The van der Waals surface area contributed by atoms with Crippen molar-refractivity contribution in [1.82, 2.24) is 4.98 Å². The van der Waals surface area contributed by atoms with E-state index in [9.17, 15) is 14.9 Å². The van der Waals surface area contributed by atoms with Gasteiger partial charge in [-0.25, -0.2) is 9.78 Å². The molecule has 0 saturated carbocycles. The van der Waals surface area contributed by atoms with Crippen molar-refractivity contribution in [1.29, 1.82) is 5.26 Å². The molecule has 0 saturated heterocycles. The molecule has 6 nitrogen and oxygen atoms in total. The van der Waals surface area contributed by atoms with E-state index in [1.165, 1.54) is 13.2 Å². The highest BCUT2D eigenvalue weighted by Crippen LogP contribution is 2.23. The van der Waals surface area contributed by atoms with Gasteiger partial charge < -0.3 is 10.1 Å². The zero-order valence-corrected chi connectivity index (χ0v) is 14.3. The van der Waals surface area contributed by atoms with Gasteiger partial charge in [0.1, 0.15) is 21.1 Å². The first-order valence-corrected chi connectivity index (χ1v) is 7.94. The second kappa shape index (κ2) is 7.67. The van der Waals surface area contributed by atoms with Crippen LogP contribution < -0.4 is 5.32 Å². The number of hydrogen-bond donors (Lipinski definition) is 1. The topological polar surface area (TPSA) is 92.1 Å². The highest BCUT2D eigenvalue weighted by molar-refractivity contribution is 9.10. The Morgan fingerprint density at radius 3 is 2.87 bits per heavy atom. The van der Waals surface area contributed by atoms with E-state index in [-0.39, 0.29) is 10.5 Å². The van der Waals surface area contributed by atoms with Crippen LogP contribution in [0.2, 0.25) is 0 Å².